The number of guanidine groups is 1. The maximum atomic E-state index is 12.0. The zero-order chi connectivity index (χ0) is 20.9. The lowest BCUT2D eigenvalue weighted by Crippen LogP contribution is -2.42. The molecule has 2 aliphatic heterocycles. The lowest BCUT2D eigenvalue weighted by Gasteiger charge is -2.23. The first-order valence-electron chi connectivity index (χ1n) is 10.9. The minimum atomic E-state index is 0.302. The fraction of sp³-hybridized carbons (Fsp3) is 0.545. The van der Waals surface area contributed by atoms with Crippen LogP contribution in [-0.4, -0.2) is 64.8 Å². The molecular weight excluding hydrogens is 378 g/mol. The van der Waals surface area contributed by atoms with Crippen LogP contribution in [0.2, 0.25) is 0 Å². The summed E-state index contributed by atoms with van der Waals surface area (Å²) in [4.78, 5) is 20.8. The second-order valence-corrected chi connectivity index (χ2v) is 7.91. The van der Waals surface area contributed by atoms with E-state index in [4.69, 9.17) is 0 Å². The van der Waals surface area contributed by atoms with E-state index >= 15 is 0 Å². The van der Waals surface area contributed by atoms with Crippen LogP contribution in [0.3, 0.4) is 0 Å². The molecule has 1 aromatic heterocycles. The molecule has 0 bridgehead atoms. The van der Waals surface area contributed by atoms with Gasteiger partial charge in [0, 0.05) is 64.2 Å². The molecule has 160 valence electrons. The van der Waals surface area contributed by atoms with Crippen LogP contribution in [0.15, 0.2) is 35.6 Å². The van der Waals surface area contributed by atoms with Crippen LogP contribution in [0, 0.1) is 0 Å². The van der Waals surface area contributed by atoms with Crippen molar-refractivity contribution in [3.63, 3.8) is 0 Å². The molecule has 2 aromatic rings. The number of nitrogens with zero attached hydrogens (tertiary/aromatic N) is 6. The first kappa shape index (κ1) is 20.4. The van der Waals surface area contributed by atoms with Gasteiger partial charge in [0.25, 0.3) is 0 Å². The normalized spacial score (nSPS) is 18.9. The Morgan fingerprint density at radius 3 is 2.93 bits per heavy atom. The number of amides is 1. The quantitative estimate of drug-likeness (QED) is 0.559. The number of aliphatic imine (C=N–C) groups is 1. The van der Waals surface area contributed by atoms with Gasteiger partial charge in [-0.1, -0.05) is 25.1 Å². The van der Waals surface area contributed by atoms with Gasteiger partial charge in [0.2, 0.25) is 5.91 Å². The van der Waals surface area contributed by atoms with E-state index in [9.17, 15) is 4.79 Å². The standard InChI is InChI=1S/C22H31N7O/c1-3-20-26-25-16-28(20)14-11-24-22(23-2)29-15-17(18-7-4-5-8-19(18)29)10-13-27-12-6-9-21(27)30/h4-5,7-8,16-17H,3,6,9-15H2,1-2H3,(H,23,24). The van der Waals surface area contributed by atoms with Crippen molar-refractivity contribution in [2.24, 2.45) is 4.99 Å². The molecule has 30 heavy (non-hydrogen) atoms. The van der Waals surface area contributed by atoms with Crippen molar-refractivity contribution in [2.45, 2.75) is 45.1 Å². The topological polar surface area (TPSA) is 78.7 Å². The second kappa shape index (κ2) is 9.28. The number of para-hydroxylation sites is 1. The Kier molecular flexibility index (Phi) is 6.30. The van der Waals surface area contributed by atoms with Crippen molar-refractivity contribution in [1.82, 2.24) is 25.0 Å². The van der Waals surface area contributed by atoms with Crippen LogP contribution in [0.25, 0.3) is 0 Å². The summed E-state index contributed by atoms with van der Waals surface area (Å²) < 4.78 is 2.08. The average molecular weight is 410 g/mol. The number of hydrogen-bond donors (Lipinski definition) is 1. The van der Waals surface area contributed by atoms with Gasteiger partial charge in [-0.3, -0.25) is 9.79 Å². The number of benzene rings is 1. The molecule has 0 aliphatic carbocycles. The van der Waals surface area contributed by atoms with E-state index in [2.05, 4.69) is 61.2 Å². The summed E-state index contributed by atoms with van der Waals surface area (Å²) >= 11 is 0. The number of aryl methyl sites for hydroxylation is 1. The van der Waals surface area contributed by atoms with Crippen LogP contribution in [0.5, 0.6) is 0 Å². The van der Waals surface area contributed by atoms with Gasteiger partial charge in [0.1, 0.15) is 12.2 Å². The van der Waals surface area contributed by atoms with Gasteiger partial charge >= 0.3 is 0 Å². The molecule has 1 atom stereocenters. The number of fused-ring (bicyclic) bond motifs is 1. The molecule has 8 heteroatoms. The molecule has 1 fully saturated rings. The maximum absolute atomic E-state index is 12.0. The highest BCUT2D eigenvalue weighted by molar-refractivity contribution is 5.98. The third-order valence-corrected chi connectivity index (χ3v) is 6.10. The van der Waals surface area contributed by atoms with Gasteiger partial charge in [0.05, 0.1) is 0 Å². The van der Waals surface area contributed by atoms with Gasteiger partial charge in [-0.2, -0.15) is 0 Å². The highest BCUT2D eigenvalue weighted by Gasteiger charge is 2.32. The minimum Gasteiger partial charge on any atom is -0.354 e. The van der Waals surface area contributed by atoms with E-state index in [-0.39, 0.29) is 0 Å². The molecule has 0 saturated carbocycles. The van der Waals surface area contributed by atoms with Gasteiger partial charge in [-0.05, 0) is 24.5 Å². The van der Waals surface area contributed by atoms with Crippen LogP contribution in [0.4, 0.5) is 5.69 Å². The molecule has 1 amide bonds. The molecule has 1 saturated heterocycles. The Hall–Kier alpha value is -2.90. The van der Waals surface area contributed by atoms with Crippen molar-refractivity contribution >= 4 is 17.6 Å². The lowest BCUT2D eigenvalue weighted by molar-refractivity contribution is -0.127. The summed E-state index contributed by atoms with van der Waals surface area (Å²) in [7, 11) is 1.83. The monoisotopic (exact) mass is 409 g/mol. The van der Waals surface area contributed by atoms with E-state index < -0.39 is 0 Å². The average Bonchev–Trinajstić information content (AvgIpc) is 3.48. The molecule has 0 spiro atoms. The number of likely N-dealkylation sites (tertiary alicyclic amines) is 1. The second-order valence-electron chi connectivity index (χ2n) is 7.91. The molecule has 1 unspecified atom stereocenters. The summed E-state index contributed by atoms with van der Waals surface area (Å²) in [5, 5.41) is 11.6. The lowest BCUT2D eigenvalue weighted by atomic mass is 9.98. The molecule has 1 aromatic carbocycles. The Morgan fingerprint density at radius 2 is 2.17 bits per heavy atom. The van der Waals surface area contributed by atoms with Gasteiger partial charge < -0.3 is 19.7 Å². The number of rotatable bonds is 7. The molecule has 2 aliphatic rings. The molecule has 0 radical (unpaired) electrons. The molecular formula is C22H31N7O. The van der Waals surface area contributed by atoms with Crippen LogP contribution in [0.1, 0.15) is 43.5 Å². The number of aromatic nitrogens is 3. The van der Waals surface area contributed by atoms with Gasteiger partial charge in [-0.15, -0.1) is 10.2 Å². The molecule has 3 heterocycles. The Labute approximate surface area is 178 Å². The van der Waals surface area contributed by atoms with Gasteiger partial charge in [0.15, 0.2) is 5.96 Å². The minimum absolute atomic E-state index is 0.302. The van der Waals surface area contributed by atoms with E-state index in [1.54, 1.807) is 6.33 Å². The Balaban J connectivity index is 1.40. The third-order valence-electron chi connectivity index (χ3n) is 6.10. The first-order chi connectivity index (χ1) is 14.7. The van der Waals surface area contributed by atoms with Crippen molar-refractivity contribution in [3.8, 4) is 0 Å². The fourth-order valence-electron chi connectivity index (χ4n) is 4.52. The van der Waals surface area contributed by atoms with Crippen LogP contribution >= 0.6 is 0 Å². The van der Waals surface area contributed by atoms with Crippen molar-refractivity contribution in [1.29, 1.82) is 0 Å². The van der Waals surface area contributed by atoms with E-state index in [1.807, 2.05) is 11.9 Å². The number of anilines is 1. The summed E-state index contributed by atoms with van der Waals surface area (Å²) in [6.07, 6.45) is 5.33. The van der Waals surface area contributed by atoms with Crippen molar-refractivity contribution in [2.75, 3.05) is 38.1 Å². The van der Waals surface area contributed by atoms with Gasteiger partial charge in [-0.25, -0.2) is 0 Å². The summed E-state index contributed by atoms with van der Waals surface area (Å²) in [5.41, 5.74) is 2.56. The number of carbonyl (C=O) groups is 1. The summed E-state index contributed by atoms with van der Waals surface area (Å²) in [6, 6.07) is 8.56. The number of carbonyl (C=O) groups excluding carboxylic acids is 1. The van der Waals surface area contributed by atoms with Crippen LogP contribution < -0.4 is 10.2 Å². The van der Waals surface area contributed by atoms with Crippen LogP contribution in [-0.2, 0) is 17.8 Å². The highest BCUT2D eigenvalue weighted by Crippen LogP contribution is 2.38. The zero-order valence-corrected chi connectivity index (χ0v) is 17.9. The Morgan fingerprint density at radius 1 is 1.30 bits per heavy atom. The predicted molar refractivity (Wildman–Crippen MR) is 118 cm³/mol. The molecule has 1 N–H and O–H groups in total. The van der Waals surface area contributed by atoms with E-state index in [1.165, 1.54) is 11.3 Å². The summed E-state index contributed by atoms with van der Waals surface area (Å²) in [5.74, 6) is 2.58. The van der Waals surface area contributed by atoms with E-state index in [0.29, 0.717) is 18.2 Å². The summed E-state index contributed by atoms with van der Waals surface area (Å²) in [6.45, 7) is 6.26. The number of hydrogen-bond acceptors (Lipinski definition) is 4. The molecule has 4 rings (SSSR count). The smallest absolute Gasteiger partial charge is 0.222 e. The Bertz CT molecular complexity index is 906. The largest absolute Gasteiger partial charge is 0.354 e. The number of nitrogens with one attached hydrogen (secondary N) is 1. The first-order valence-corrected chi connectivity index (χ1v) is 10.9. The SMILES string of the molecule is CCc1nncn1CCNC(=NC)N1CC(CCN2CCCC2=O)c2ccccc21. The highest BCUT2D eigenvalue weighted by atomic mass is 16.2. The third kappa shape index (κ3) is 4.17. The fourth-order valence-corrected chi connectivity index (χ4v) is 4.52. The predicted octanol–water partition coefficient (Wildman–Crippen LogP) is 2.03. The maximum Gasteiger partial charge on any atom is 0.222 e. The van der Waals surface area contributed by atoms with Crippen molar-refractivity contribution < 1.29 is 4.79 Å². The van der Waals surface area contributed by atoms with Crippen molar-refractivity contribution in [3.05, 3.63) is 42.0 Å². The molecule has 8 nitrogen and oxygen atoms in total. The van der Waals surface area contributed by atoms with E-state index in [0.717, 1.165) is 63.8 Å². The zero-order valence-electron chi connectivity index (χ0n) is 17.9.